The van der Waals surface area contributed by atoms with Crippen molar-refractivity contribution in [2.75, 3.05) is 27.2 Å². The molecule has 1 fully saturated rings. The average molecular weight is 422 g/mol. The third-order valence-corrected chi connectivity index (χ3v) is 5.80. The van der Waals surface area contributed by atoms with Gasteiger partial charge in [0.2, 0.25) is 5.91 Å². The van der Waals surface area contributed by atoms with Crippen LogP contribution in [0.4, 0.5) is 0 Å². The van der Waals surface area contributed by atoms with Gasteiger partial charge in [0.1, 0.15) is 6.54 Å². The summed E-state index contributed by atoms with van der Waals surface area (Å²) in [7, 11) is 3.51. The second-order valence-corrected chi connectivity index (χ2v) is 8.57. The number of rotatable bonds is 7. The number of guanidine groups is 1. The molecule has 0 saturated carbocycles. The van der Waals surface area contributed by atoms with Crippen molar-refractivity contribution in [1.29, 1.82) is 0 Å². The van der Waals surface area contributed by atoms with Gasteiger partial charge in [0.25, 0.3) is 0 Å². The summed E-state index contributed by atoms with van der Waals surface area (Å²) in [5.41, 5.74) is 2.51. The van der Waals surface area contributed by atoms with Crippen LogP contribution < -0.4 is 10.6 Å². The third kappa shape index (κ3) is 6.82. The first-order chi connectivity index (χ1) is 14.9. The van der Waals surface area contributed by atoms with E-state index in [2.05, 4.69) is 76.8 Å². The van der Waals surface area contributed by atoms with Crippen LogP contribution in [0.25, 0.3) is 0 Å². The summed E-state index contributed by atoms with van der Waals surface area (Å²) in [4.78, 5) is 20.8. The van der Waals surface area contributed by atoms with Crippen molar-refractivity contribution in [1.82, 2.24) is 20.4 Å². The molecule has 0 spiro atoms. The van der Waals surface area contributed by atoms with Crippen molar-refractivity contribution in [2.45, 2.75) is 44.9 Å². The fourth-order valence-corrected chi connectivity index (χ4v) is 3.89. The Morgan fingerprint density at radius 1 is 1.13 bits per heavy atom. The van der Waals surface area contributed by atoms with Gasteiger partial charge >= 0.3 is 0 Å². The number of nitrogens with zero attached hydrogens (tertiary/aromatic N) is 3. The molecule has 6 heteroatoms. The van der Waals surface area contributed by atoms with E-state index in [-0.39, 0.29) is 24.5 Å². The van der Waals surface area contributed by atoms with Crippen LogP contribution in [0.3, 0.4) is 0 Å². The molecule has 0 radical (unpaired) electrons. The summed E-state index contributed by atoms with van der Waals surface area (Å²) >= 11 is 0. The first-order valence-electron chi connectivity index (χ1n) is 11.0. The van der Waals surface area contributed by atoms with Crippen LogP contribution in [0.1, 0.15) is 37.4 Å². The topological polar surface area (TPSA) is 60.0 Å². The molecule has 166 valence electrons. The third-order valence-electron chi connectivity index (χ3n) is 5.80. The zero-order valence-electron chi connectivity index (χ0n) is 19.1. The molecular formula is C25H35N5O. The predicted octanol–water partition coefficient (Wildman–Crippen LogP) is 3.03. The summed E-state index contributed by atoms with van der Waals surface area (Å²) in [6.07, 6.45) is 1.04. The minimum absolute atomic E-state index is 0.0149. The zero-order valence-corrected chi connectivity index (χ0v) is 19.1. The van der Waals surface area contributed by atoms with E-state index in [0.717, 1.165) is 19.5 Å². The maximum absolute atomic E-state index is 12.1. The monoisotopic (exact) mass is 421 g/mol. The van der Waals surface area contributed by atoms with Gasteiger partial charge in [-0.25, -0.2) is 4.99 Å². The Morgan fingerprint density at radius 2 is 1.77 bits per heavy atom. The maximum atomic E-state index is 12.1. The predicted molar refractivity (Wildman–Crippen MR) is 127 cm³/mol. The van der Waals surface area contributed by atoms with Crippen molar-refractivity contribution < 1.29 is 4.79 Å². The van der Waals surface area contributed by atoms with E-state index >= 15 is 0 Å². The van der Waals surface area contributed by atoms with Gasteiger partial charge in [0.05, 0.1) is 6.04 Å². The summed E-state index contributed by atoms with van der Waals surface area (Å²) in [6.45, 7) is 6.40. The number of likely N-dealkylation sites (N-methyl/N-ethyl adjacent to an activating group) is 1. The van der Waals surface area contributed by atoms with Crippen molar-refractivity contribution in [3.05, 3.63) is 71.8 Å². The number of carbonyl (C=O) groups excluding carboxylic acids is 1. The number of benzene rings is 2. The van der Waals surface area contributed by atoms with E-state index in [1.54, 1.807) is 19.0 Å². The first-order valence-corrected chi connectivity index (χ1v) is 11.0. The Balaban J connectivity index is 1.66. The summed E-state index contributed by atoms with van der Waals surface area (Å²) in [6, 6.07) is 21.7. The number of carbonyl (C=O) groups is 1. The molecule has 1 saturated heterocycles. The van der Waals surface area contributed by atoms with Crippen molar-refractivity contribution in [2.24, 2.45) is 4.99 Å². The standard InChI is InChI=1S/C25H35N5O/c1-19-15-23(18-30(19)17-21-11-7-5-8-12-21)28-25(26-16-24(31)29(3)4)27-20(2)22-13-9-6-10-14-22/h5-14,19-20,23H,15-18H2,1-4H3,(H2,26,27,28). The van der Waals surface area contributed by atoms with Crippen LogP contribution in [0.2, 0.25) is 0 Å². The van der Waals surface area contributed by atoms with Crippen molar-refractivity contribution in [3.63, 3.8) is 0 Å². The number of aliphatic imine (C=N–C) groups is 1. The molecule has 3 rings (SSSR count). The van der Waals surface area contributed by atoms with Crippen molar-refractivity contribution >= 4 is 11.9 Å². The molecule has 1 aliphatic heterocycles. The molecule has 6 nitrogen and oxygen atoms in total. The molecule has 2 aromatic rings. The molecule has 0 aromatic heterocycles. The summed E-state index contributed by atoms with van der Waals surface area (Å²) < 4.78 is 0. The van der Waals surface area contributed by atoms with Crippen LogP contribution in [0, 0.1) is 0 Å². The molecule has 3 atom stereocenters. The van der Waals surface area contributed by atoms with E-state index in [0.29, 0.717) is 12.0 Å². The van der Waals surface area contributed by atoms with Crippen LogP contribution in [0.15, 0.2) is 65.7 Å². The number of hydrogen-bond donors (Lipinski definition) is 2. The molecular weight excluding hydrogens is 386 g/mol. The maximum Gasteiger partial charge on any atom is 0.243 e. The van der Waals surface area contributed by atoms with Crippen LogP contribution in [-0.2, 0) is 11.3 Å². The highest BCUT2D eigenvalue weighted by molar-refractivity contribution is 5.85. The molecule has 2 aromatic carbocycles. The van der Waals surface area contributed by atoms with Gasteiger partial charge in [-0.3, -0.25) is 9.69 Å². The van der Waals surface area contributed by atoms with Crippen molar-refractivity contribution in [3.8, 4) is 0 Å². The lowest BCUT2D eigenvalue weighted by atomic mass is 10.1. The SMILES string of the molecule is CC(NC(=NCC(=O)N(C)C)NC1CC(C)N(Cc2ccccc2)C1)c1ccccc1. The molecule has 1 heterocycles. The fourth-order valence-electron chi connectivity index (χ4n) is 3.89. The molecule has 0 aliphatic carbocycles. The number of nitrogens with one attached hydrogen (secondary N) is 2. The van der Waals surface area contributed by atoms with Crippen LogP contribution in [0.5, 0.6) is 0 Å². The minimum atomic E-state index is -0.0149. The fraction of sp³-hybridized carbons (Fsp3) is 0.440. The largest absolute Gasteiger partial charge is 0.352 e. The van der Waals surface area contributed by atoms with E-state index in [9.17, 15) is 4.79 Å². The molecule has 31 heavy (non-hydrogen) atoms. The van der Waals surface area contributed by atoms with Gasteiger partial charge in [-0.2, -0.15) is 0 Å². The average Bonchev–Trinajstić information content (AvgIpc) is 3.11. The molecule has 1 aliphatic rings. The summed E-state index contributed by atoms with van der Waals surface area (Å²) in [5, 5.41) is 7.07. The molecule has 1 amide bonds. The normalized spacial score (nSPS) is 20.3. The lowest BCUT2D eigenvalue weighted by Gasteiger charge is -2.23. The van der Waals surface area contributed by atoms with E-state index in [1.165, 1.54) is 11.1 Å². The Kier molecular flexibility index (Phi) is 8.06. The van der Waals surface area contributed by atoms with Gasteiger partial charge in [0, 0.05) is 39.3 Å². The van der Waals surface area contributed by atoms with Gasteiger partial charge < -0.3 is 15.5 Å². The number of hydrogen-bond acceptors (Lipinski definition) is 3. The van der Waals surface area contributed by atoms with Gasteiger partial charge in [0.15, 0.2) is 5.96 Å². The molecule has 2 N–H and O–H groups in total. The number of likely N-dealkylation sites (tertiary alicyclic amines) is 1. The lowest BCUT2D eigenvalue weighted by Crippen LogP contribution is -2.46. The highest BCUT2D eigenvalue weighted by Crippen LogP contribution is 2.20. The van der Waals surface area contributed by atoms with Crippen LogP contribution in [-0.4, -0.2) is 60.9 Å². The Labute approximate surface area is 186 Å². The smallest absolute Gasteiger partial charge is 0.243 e. The second kappa shape index (κ2) is 11.0. The lowest BCUT2D eigenvalue weighted by molar-refractivity contribution is -0.127. The Bertz CT molecular complexity index is 853. The first kappa shape index (κ1) is 22.8. The summed E-state index contributed by atoms with van der Waals surface area (Å²) in [5.74, 6) is 0.671. The van der Waals surface area contributed by atoms with E-state index < -0.39 is 0 Å². The quantitative estimate of drug-likeness (QED) is 0.533. The second-order valence-electron chi connectivity index (χ2n) is 8.57. The highest BCUT2D eigenvalue weighted by Gasteiger charge is 2.29. The van der Waals surface area contributed by atoms with Crippen LogP contribution >= 0.6 is 0 Å². The Hall–Kier alpha value is -2.86. The Morgan fingerprint density at radius 3 is 2.42 bits per heavy atom. The van der Waals surface area contributed by atoms with Gasteiger partial charge in [-0.1, -0.05) is 60.7 Å². The molecule has 3 unspecified atom stereocenters. The minimum Gasteiger partial charge on any atom is -0.352 e. The number of amides is 1. The zero-order chi connectivity index (χ0) is 22.2. The van der Waals surface area contributed by atoms with Gasteiger partial charge in [-0.15, -0.1) is 0 Å². The van der Waals surface area contributed by atoms with E-state index in [4.69, 9.17) is 0 Å². The highest BCUT2D eigenvalue weighted by atomic mass is 16.2. The van der Waals surface area contributed by atoms with Gasteiger partial charge in [-0.05, 0) is 31.4 Å². The molecule has 0 bridgehead atoms. The van der Waals surface area contributed by atoms with E-state index in [1.807, 2.05) is 18.2 Å².